The zero-order valence-electron chi connectivity index (χ0n) is 12.7. The lowest BCUT2D eigenvalue weighted by molar-refractivity contribution is 0.0989. The van der Waals surface area contributed by atoms with Crippen LogP contribution < -0.4 is 4.18 Å². The van der Waals surface area contributed by atoms with Gasteiger partial charge in [0.15, 0.2) is 11.5 Å². The van der Waals surface area contributed by atoms with Gasteiger partial charge in [0.1, 0.15) is 4.90 Å². The van der Waals surface area contributed by atoms with Crippen LogP contribution in [-0.2, 0) is 10.1 Å². The number of halogens is 1. The van der Waals surface area contributed by atoms with E-state index in [1.165, 1.54) is 12.1 Å². The third-order valence-electron chi connectivity index (χ3n) is 3.97. The zero-order chi connectivity index (χ0) is 16.8. The van der Waals surface area contributed by atoms with Crippen molar-refractivity contribution in [3.63, 3.8) is 0 Å². The predicted octanol–water partition coefficient (Wildman–Crippen LogP) is 4.22. The van der Waals surface area contributed by atoms with Crippen molar-refractivity contribution in [2.75, 3.05) is 0 Å². The third-order valence-corrected chi connectivity index (χ3v) is 5.70. The van der Waals surface area contributed by atoms with Gasteiger partial charge in [-0.2, -0.15) is 8.42 Å². The highest BCUT2D eigenvalue weighted by atomic mass is 79.9. The van der Waals surface area contributed by atoms with Crippen LogP contribution in [0.3, 0.4) is 0 Å². The number of Topliss-reactive ketones (excluding diaryl/α,β-unsaturated/α-hetero) is 1. The molecule has 1 atom stereocenters. The van der Waals surface area contributed by atoms with E-state index in [1.807, 2.05) is 13.8 Å². The van der Waals surface area contributed by atoms with Crippen LogP contribution in [-0.4, -0.2) is 14.2 Å². The molecular weight excluding hydrogens is 380 g/mol. The lowest BCUT2D eigenvalue weighted by Gasteiger charge is -2.13. The van der Waals surface area contributed by atoms with Gasteiger partial charge < -0.3 is 4.18 Å². The normalized spacial score (nSPS) is 17.2. The molecule has 0 aromatic heterocycles. The average molecular weight is 395 g/mol. The van der Waals surface area contributed by atoms with Gasteiger partial charge >= 0.3 is 10.1 Å². The number of rotatable bonds is 3. The second kappa shape index (κ2) is 5.76. The number of carbonyl (C=O) groups is 1. The van der Waals surface area contributed by atoms with Gasteiger partial charge in [0.05, 0.1) is 5.56 Å². The highest BCUT2D eigenvalue weighted by molar-refractivity contribution is 9.10. The molecule has 0 bridgehead atoms. The molecule has 3 rings (SSSR count). The molecule has 4 nitrogen and oxygen atoms in total. The van der Waals surface area contributed by atoms with E-state index in [0.29, 0.717) is 16.5 Å². The molecule has 0 aliphatic heterocycles. The Balaban J connectivity index is 2.07. The molecule has 0 amide bonds. The van der Waals surface area contributed by atoms with Crippen LogP contribution in [0.4, 0.5) is 0 Å². The quantitative estimate of drug-likeness (QED) is 0.731. The summed E-state index contributed by atoms with van der Waals surface area (Å²) in [6, 6.07) is 9.62. The van der Waals surface area contributed by atoms with Crippen molar-refractivity contribution in [3.05, 3.63) is 57.6 Å². The molecule has 0 spiro atoms. The van der Waals surface area contributed by atoms with Gasteiger partial charge in [-0.15, -0.1) is 0 Å². The van der Waals surface area contributed by atoms with E-state index in [1.54, 1.807) is 24.3 Å². The molecule has 0 radical (unpaired) electrons. The summed E-state index contributed by atoms with van der Waals surface area (Å²) in [6.45, 7) is 3.88. The van der Waals surface area contributed by atoms with Gasteiger partial charge in [-0.05, 0) is 48.2 Å². The van der Waals surface area contributed by atoms with Crippen molar-refractivity contribution in [2.45, 2.75) is 31.1 Å². The fraction of sp³-hybridized carbons (Fsp3) is 0.235. The summed E-state index contributed by atoms with van der Waals surface area (Å²) in [6.07, 6.45) is 0.382. The van der Waals surface area contributed by atoms with Crippen molar-refractivity contribution in [2.24, 2.45) is 0 Å². The summed E-state index contributed by atoms with van der Waals surface area (Å²) >= 11 is 3.24. The first-order valence-corrected chi connectivity index (χ1v) is 9.36. The van der Waals surface area contributed by atoms with Crippen LogP contribution in [0.5, 0.6) is 5.75 Å². The Morgan fingerprint density at radius 2 is 1.96 bits per heavy atom. The van der Waals surface area contributed by atoms with Gasteiger partial charge in [0.25, 0.3) is 0 Å². The van der Waals surface area contributed by atoms with E-state index in [-0.39, 0.29) is 22.3 Å². The maximum atomic E-state index is 12.5. The van der Waals surface area contributed by atoms with E-state index in [4.69, 9.17) is 4.18 Å². The van der Waals surface area contributed by atoms with Gasteiger partial charge in [-0.3, -0.25) is 4.79 Å². The number of fused-ring (bicyclic) bond motifs is 1. The molecular formula is C17H15BrO4S. The predicted molar refractivity (Wildman–Crippen MR) is 90.5 cm³/mol. The first kappa shape index (κ1) is 16.2. The van der Waals surface area contributed by atoms with Crippen LogP contribution in [0, 0.1) is 6.92 Å². The minimum absolute atomic E-state index is 0.0414. The maximum absolute atomic E-state index is 12.5. The summed E-state index contributed by atoms with van der Waals surface area (Å²) in [5.41, 5.74) is 2.26. The van der Waals surface area contributed by atoms with E-state index < -0.39 is 10.1 Å². The Morgan fingerprint density at radius 3 is 2.65 bits per heavy atom. The van der Waals surface area contributed by atoms with E-state index in [0.717, 1.165) is 11.1 Å². The number of aryl methyl sites for hydroxylation is 1. The molecule has 1 aliphatic carbocycles. The van der Waals surface area contributed by atoms with Gasteiger partial charge in [-0.25, -0.2) is 0 Å². The topological polar surface area (TPSA) is 60.4 Å². The van der Waals surface area contributed by atoms with Crippen molar-refractivity contribution >= 4 is 31.8 Å². The third kappa shape index (κ3) is 2.93. The molecule has 0 heterocycles. The Kier molecular flexibility index (Phi) is 4.06. The average Bonchev–Trinajstić information content (AvgIpc) is 2.78. The smallest absolute Gasteiger partial charge is 0.339 e. The lowest BCUT2D eigenvalue weighted by Crippen LogP contribution is -2.12. The molecule has 2 aromatic carbocycles. The fourth-order valence-corrected chi connectivity index (χ4v) is 4.51. The van der Waals surface area contributed by atoms with E-state index in [9.17, 15) is 13.2 Å². The molecule has 2 aromatic rings. The van der Waals surface area contributed by atoms with Crippen molar-refractivity contribution in [3.8, 4) is 5.75 Å². The van der Waals surface area contributed by atoms with Crippen LogP contribution in [0.2, 0.25) is 0 Å². The standard InChI is InChI=1S/C17H15BrO4S/c1-10-6-7-15(17-14(19)8-11(2)16(10)17)22-23(20,21)13-5-3-4-12(18)9-13/h3-7,9,11H,8H2,1-2H3. The Bertz CT molecular complexity index is 903. The molecule has 1 aliphatic rings. The van der Waals surface area contributed by atoms with Crippen molar-refractivity contribution in [1.29, 1.82) is 0 Å². The number of carbonyl (C=O) groups excluding carboxylic acids is 1. The van der Waals surface area contributed by atoms with Gasteiger partial charge in [0, 0.05) is 10.9 Å². The monoisotopic (exact) mass is 394 g/mol. The van der Waals surface area contributed by atoms with Crippen LogP contribution in [0.15, 0.2) is 45.8 Å². The highest BCUT2D eigenvalue weighted by Gasteiger charge is 2.32. The first-order valence-electron chi connectivity index (χ1n) is 7.16. The van der Waals surface area contributed by atoms with Crippen molar-refractivity contribution < 1.29 is 17.4 Å². The molecule has 23 heavy (non-hydrogen) atoms. The second-order valence-electron chi connectivity index (χ2n) is 5.69. The van der Waals surface area contributed by atoms with Crippen LogP contribution in [0.1, 0.15) is 40.7 Å². The minimum atomic E-state index is -3.99. The van der Waals surface area contributed by atoms with Crippen LogP contribution >= 0.6 is 15.9 Å². The summed E-state index contributed by atoms with van der Waals surface area (Å²) in [7, 11) is -3.99. The summed E-state index contributed by atoms with van der Waals surface area (Å²) < 4.78 is 30.9. The molecule has 6 heteroatoms. The Labute approximate surface area is 143 Å². The fourth-order valence-electron chi connectivity index (χ4n) is 2.97. The van der Waals surface area contributed by atoms with Crippen molar-refractivity contribution in [1.82, 2.24) is 0 Å². The summed E-state index contributed by atoms with van der Waals surface area (Å²) in [5.74, 6) is 0.116. The molecule has 0 saturated carbocycles. The van der Waals surface area contributed by atoms with E-state index in [2.05, 4.69) is 15.9 Å². The van der Waals surface area contributed by atoms with E-state index >= 15 is 0 Å². The lowest BCUT2D eigenvalue weighted by atomic mass is 9.98. The van der Waals surface area contributed by atoms with Crippen LogP contribution in [0.25, 0.3) is 0 Å². The number of benzene rings is 2. The number of ketones is 1. The summed E-state index contributed by atoms with van der Waals surface area (Å²) in [4.78, 5) is 12.3. The highest BCUT2D eigenvalue weighted by Crippen LogP contribution is 2.40. The molecule has 120 valence electrons. The van der Waals surface area contributed by atoms with Gasteiger partial charge in [-0.1, -0.05) is 35.0 Å². The molecule has 0 fully saturated rings. The molecule has 0 N–H and O–H groups in total. The number of hydrogen-bond acceptors (Lipinski definition) is 4. The summed E-state index contributed by atoms with van der Waals surface area (Å²) in [5, 5.41) is 0. The first-order chi connectivity index (χ1) is 10.8. The second-order valence-corrected chi connectivity index (χ2v) is 8.15. The molecule has 1 unspecified atom stereocenters. The molecule has 0 saturated heterocycles. The number of hydrogen-bond donors (Lipinski definition) is 0. The minimum Gasteiger partial charge on any atom is -0.378 e. The van der Waals surface area contributed by atoms with Gasteiger partial charge in [0.2, 0.25) is 0 Å². The SMILES string of the molecule is Cc1ccc(OS(=O)(=O)c2cccc(Br)c2)c2c1C(C)CC2=O. The Morgan fingerprint density at radius 1 is 1.22 bits per heavy atom. The zero-order valence-corrected chi connectivity index (χ0v) is 15.1. The maximum Gasteiger partial charge on any atom is 0.339 e. The largest absolute Gasteiger partial charge is 0.378 e. The Hall–Kier alpha value is -1.66.